The van der Waals surface area contributed by atoms with Crippen molar-refractivity contribution in [2.24, 2.45) is 0 Å². The molecule has 1 heterocycles. The van der Waals surface area contributed by atoms with Crippen LogP contribution in [0.15, 0.2) is 4.52 Å². The molecule has 0 amide bonds. The summed E-state index contributed by atoms with van der Waals surface area (Å²) in [5.41, 5.74) is 0. The van der Waals surface area contributed by atoms with Gasteiger partial charge in [0, 0.05) is 5.92 Å². The van der Waals surface area contributed by atoms with Gasteiger partial charge in [0.2, 0.25) is 0 Å². The molecule has 0 aromatic carbocycles. The molecule has 0 saturated heterocycles. The maximum absolute atomic E-state index is 5.36. The van der Waals surface area contributed by atoms with Crippen molar-refractivity contribution in [1.29, 1.82) is 0 Å². The Kier molecular flexibility index (Phi) is 1.71. The van der Waals surface area contributed by atoms with E-state index in [4.69, 9.17) is 11.6 Å². The first-order valence-corrected chi connectivity index (χ1v) is 3.07. The van der Waals surface area contributed by atoms with Crippen molar-refractivity contribution in [3.8, 4) is 0 Å². The third kappa shape index (κ3) is 1.42. The van der Waals surface area contributed by atoms with Gasteiger partial charge in [-0.15, -0.1) is 0 Å². The van der Waals surface area contributed by atoms with Crippen molar-refractivity contribution < 1.29 is 4.52 Å². The van der Waals surface area contributed by atoms with E-state index >= 15 is 0 Å². The molecule has 0 aliphatic carbocycles. The summed E-state index contributed by atoms with van der Waals surface area (Å²) in [6, 6.07) is 0. The number of hydrogen-bond acceptors (Lipinski definition) is 3. The first-order valence-electron chi connectivity index (χ1n) is 2.69. The van der Waals surface area contributed by atoms with Gasteiger partial charge in [-0.05, 0) is 11.6 Å². The summed E-state index contributed by atoms with van der Waals surface area (Å²) in [6.45, 7) is 3.95. The van der Waals surface area contributed by atoms with Gasteiger partial charge < -0.3 is 4.52 Å². The summed E-state index contributed by atoms with van der Waals surface area (Å²) in [4.78, 5) is 3.80. The van der Waals surface area contributed by atoms with Crippen molar-refractivity contribution in [3.05, 3.63) is 11.2 Å². The molecule has 0 unspecified atom stereocenters. The minimum Gasteiger partial charge on any atom is -0.321 e. The van der Waals surface area contributed by atoms with Crippen LogP contribution in [0.4, 0.5) is 0 Å². The van der Waals surface area contributed by atoms with E-state index in [1.165, 1.54) is 0 Å². The summed E-state index contributed by atoms with van der Waals surface area (Å²) in [7, 11) is 0. The standard InChI is InChI=1S/C5H7ClN2O/c1-3(2)4-7-5(6)9-8-4/h3H,1-2H3. The van der Waals surface area contributed by atoms with Crippen molar-refractivity contribution >= 4 is 11.6 Å². The highest BCUT2D eigenvalue weighted by Crippen LogP contribution is 2.11. The lowest BCUT2D eigenvalue weighted by Gasteiger charge is -1.90. The first-order chi connectivity index (χ1) is 4.20. The van der Waals surface area contributed by atoms with Gasteiger partial charge in [-0.2, -0.15) is 4.98 Å². The SMILES string of the molecule is CC(C)c1noc(Cl)n1. The molecular weight excluding hydrogens is 140 g/mol. The smallest absolute Gasteiger partial charge is 0.320 e. The molecule has 0 atom stereocenters. The van der Waals surface area contributed by atoms with E-state index in [-0.39, 0.29) is 11.3 Å². The number of aromatic nitrogens is 2. The summed E-state index contributed by atoms with van der Waals surface area (Å²) >= 11 is 5.36. The second-order valence-corrected chi connectivity index (χ2v) is 2.38. The minimum absolute atomic E-state index is 0.110. The Bertz CT molecular complexity index is 197. The van der Waals surface area contributed by atoms with Gasteiger partial charge in [0.1, 0.15) is 0 Å². The van der Waals surface area contributed by atoms with Crippen LogP contribution in [0.1, 0.15) is 25.6 Å². The topological polar surface area (TPSA) is 38.9 Å². The van der Waals surface area contributed by atoms with Gasteiger partial charge in [-0.3, -0.25) is 0 Å². The Labute approximate surface area is 58.0 Å². The molecule has 4 heteroatoms. The summed E-state index contributed by atoms with van der Waals surface area (Å²) in [5.74, 6) is 0.932. The van der Waals surface area contributed by atoms with Crippen LogP contribution in [0.5, 0.6) is 0 Å². The van der Waals surface area contributed by atoms with Gasteiger partial charge in [0.15, 0.2) is 5.82 Å². The van der Waals surface area contributed by atoms with Crippen LogP contribution in [0.2, 0.25) is 5.35 Å². The predicted molar refractivity (Wildman–Crippen MR) is 33.4 cm³/mol. The lowest BCUT2D eigenvalue weighted by molar-refractivity contribution is 0.409. The normalized spacial score (nSPS) is 10.7. The van der Waals surface area contributed by atoms with E-state index in [9.17, 15) is 0 Å². The van der Waals surface area contributed by atoms with Crippen LogP contribution >= 0.6 is 11.6 Å². The Morgan fingerprint density at radius 1 is 1.56 bits per heavy atom. The molecule has 1 rings (SSSR count). The first kappa shape index (κ1) is 6.55. The van der Waals surface area contributed by atoms with Crippen molar-refractivity contribution in [3.63, 3.8) is 0 Å². The van der Waals surface area contributed by atoms with E-state index in [2.05, 4.69) is 14.7 Å². The second kappa shape index (κ2) is 2.35. The van der Waals surface area contributed by atoms with Crippen molar-refractivity contribution in [1.82, 2.24) is 10.1 Å². The lowest BCUT2D eigenvalue weighted by atomic mass is 10.2. The molecule has 0 aliphatic heterocycles. The molecule has 0 N–H and O–H groups in total. The average Bonchev–Trinajstić information content (AvgIpc) is 2.14. The molecule has 1 aromatic heterocycles. The van der Waals surface area contributed by atoms with E-state index in [0.29, 0.717) is 5.82 Å². The zero-order chi connectivity index (χ0) is 6.85. The number of hydrogen-bond donors (Lipinski definition) is 0. The van der Waals surface area contributed by atoms with Gasteiger partial charge in [0.25, 0.3) is 0 Å². The maximum Gasteiger partial charge on any atom is 0.320 e. The largest absolute Gasteiger partial charge is 0.321 e. The molecule has 0 aliphatic rings. The molecular formula is C5H7ClN2O. The average molecular weight is 147 g/mol. The fourth-order valence-corrected chi connectivity index (χ4v) is 0.571. The minimum atomic E-state index is 0.110. The van der Waals surface area contributed by atoms with E-state index < -0.39 is 0 Å². The lowest BCUT2D eigenvalue weighted by Crippen LogP contribution is -1.88. The van der Waals surface area contributed by atoms with Crippen LogP contribution < -0.4 is 0 Å². The molecule has 0 spiro atoms. The van der Waals surface area contributed by atoms with E-state index in [1.807, 2.05) is 13.8 Å². The van der Waals surface area contributed by atoms with Crippen LogP contribution in [0.3, 0.4) is 0 Å². The van der Waals surface area contributed by atoms with Crippen LogP contribution in [0, 0.1) is 0 Å². The maximum atomic E-state index is 5.36. The number of halogens is 1. The fourth-order valence-electron chi connectivity index (χ4n) is 0.450. The van der Waals surface area contributed by atoms with Gasteiger partial charge >= 0.3 is 5.35 Å². The highest BCUT2D eigenvalue weighted by Gasteiger charge is 2.05. The molecule has 0 fully saturated rings. The summed E-state index contributed by atoms with van der Waals surface area (Å²) in [5, 5.41) is 3.71. The molecule has 0 saturated carbocycles. The molecule has 3 nitrogen and oxygen atoms in total. The molecule has 1 aromatic rings. The Morgan fingerprint density at radius 2 is 2.22 bits per heavy atom. The van der Waals surface area contributed by atoms with Crippen molar-refractivity contribution in [2.45, 2.75) is 19.8 Å². The third-order valence-corrected chi connectivity index (χ3v) is 1.09. The summed E-state index contributed by atoms with van der Waals surface area (Å²) < 4.78 is 4.53. The zero-order valence-corrected chi connectivity index (χ0v) is 6.01. The van der Waals surface area contributed by atoms with E-state index in [0.717, 1.165) is 0 Å². The Morgan fingerprint density at radius 3 is 2.44 bits per heavy atom. The second-order valence-electron chi connectivity index (χ2n) is 2.06. The quantitative estimate of drug-likeness (QED) is 0.607. The molecule has 0 bridgehead atoms. The van der Waals surface area contributed by atoms with E-state index in [1.54, 1.807) is 0 Å². The highest BCUT2D eigenvalue weighted by atomic mass is 35.5. The molecule has 0 radical (unpaired) electrons. The van der Waals surface area contributed by atoms with Crippen LogP contribution in [-0.4, -0.2) is 10.1 Å². The van der Waals surface area contributed by atoms with Gasteiger partial charge in [-0.1, -0.05) is 19.0 Å². The Hall–Kier alpha value is -0.570. The number of rotatable bonds is 1. The van der Waals surface area contributed by atoms with Gasteiger partial charge in [0.05, 0.1) is 0 Å². The van der Waals surface area contributed by atoms with Gasteiger partial charge in [-0.25, -0.2) is 0 Å². The van der Waals surface area contributed by atoms with Crippen LogP contribution in [-0.2, 0) is 0 Å². The summed E-state index contributed by atoms with van der Waals surface area (Å²) in [6.07, 6.45) is 0. The van der Waals surface area contributed by atoms with Crippen molar-refractivity contribution in [2.75, 3.05) is 0 Å². The highest BCUT2D eigenvalue weighted by molar-refractivity contribution is 6.27. The van der Waals surface area contributed by atoms with Crippen LogP contribution in [0.25, 0.3) is 0 Å². The Balaban J connectivity index is 2.85. The predicted octanol–water partition coefficient (Wildman–Crippen LogP) is 1.85. The number of nitrogens with zero attached hydrogens (tertiary/aromatic N) is 2. The zero-order valence-electron chi connectivity index (χ0n) is 5.26. The monoisotopic (exact) mass is 146 g/mol. The molecule has 50 valence electrons. The fraction of sp³-hybridized carbons (Fsp3) is 0.600. The third-order valence-electron chi connectivity index (χ3n) is 0.933. The molecule has 9 heavy (non-hydrogen) atoms.